The Balaban J connectivity index is 0. The minimum absolute atomic E-state index is 0. The van der Waals surface area contributed by atoms with Crippen molar-refractivity contribution in [3.8, 4) is 0 Å². The van der Waals surface area contributed by atoms with Gasteiger partial charge in [-0.3, -0.25) is 4.79 Å². The number of carbonyl (C=O) groups excluding carboxylic acids is 1. The van der Waals surface area contributed by atoms with Crippen molar-refractivity contribution in [3.05, 3.63) is 12.2 Å². The molecule has 0 saturated heterocycles. The first-order valence-corrected chi connectivity index (χ1v) is 11.7. The molecule has 1 unspecified atom stereocenters. The zero-order valence-electron chi connectivity index (χ0n) is 19.1. The van der Waals surface area contributed by atoms with Gasteiger partial charge in [-0.1, -0.05) is 103 Å². The van der Waals surface area contributed by atoms with Crippen LogP contribution >= 0.6 is 0 Å². The maximum atomic E-state index is 11.0. The Bertz CT molecular complexity index is 410. The molecular formula is C24H43NaO4. The Kier molecular flexibility index (Phi) is 25.5. The van der Waals surface area contributed by atoms with Crippen LogP contribution in [0.2, 0.25) is 0 Å². The summed E-state index contributed by atoms with van der Waals surface area (Å²) in [7, 11) is 0. The second-order valence-electron chi connectivity index (χ2n) is 8.04. The van der Waals surface area contributed by atoms with E-state index in [1.165, 1.54) is 83.5 Å². The summed E-state index contributed by atoms with van der Waals surface area (Å²) in [5.74, 6) is -3.08. The van der Waals surface area contributed by atoms with Gasteiger partial charge in [-0.15, -0.1) is 0 Å². The molecule has 0 amide bonds. The molecule has 0 radical (unpaired) electrons. The van der Waals surface area contributed by atoms with Gasteiger partial charge in [-0.25, -0.2) is 0 Å². The molecule has 0 heterocycles. The molecular weight excluding hydrogens is 375 g/mol. The normalized spacial score (nSPS) is 12.0. The molecule has 164 valence electrons. The summed E-state index contributed by atoms with van der Waals surface area (Å²) in [5, 5.41) is 19.5. The molecule has 1 atom stereocenters. The second-order valence-corrected chi connectivity index (χ2v) is 8.04. The van der Waals surface area contributed by atoms with Crippen LogP contribution in [0.1, 0.15) is 122 Å². The molecule has 0 aliphatic carbocycles. The first-order chi connectivity index (χ1) is 13.6. The van der Waals surface area contributed by atoms with E-state index >= 15 is 0 Å². The topological polar surface area (TPSA) is 77.4 Å². The maximum absolute atomic E-state index is 11.0. The summed E-state index contributed by atoms with van der Waals surface area (Å²) in [5.41, 5.74) is 0. The van der Waals surface area contributed by atoms with Crippen molar-refractivity contribution in [1.29, 1.82) is 0 Å². The Morgan fingerprint density at radius 2 is 1.17 bits per heavy atom. The molecule has 0 aromatic heterocycles. The van der Waals surface area contributed by atoms with Gasteiger partial charge in [-0.05, 0) is 25.7 Å². The third kappa shape index (κ3) is 23.8. The van der Waals surface area contributed by atoms with Gasteiger partial charge < -0.3 is 15.0 Å². The standard InChI is InChI=1S/C24H44O4.Na/c1-2-3-4-5-6-7-8-9-10-11-12-13-14-15-16-17-18-19-20-22(24(27)28)21-23(25)26;/h4-5,22H,2-3,6-21H2,1H3,(H,25,26)(H,27,28);/q;+1/p-1/b5-4+;. The van der Waals surface area contributed by atoms with Crippen LogP contribution in [0.25, 0.3) is 0 Å². The number of allylic oxidation sites excluding steroid dienone is 2. The first kappa shape index (κ1) is 30.9. The predicted molar refractivity (Wildman–Crippen MR) is 114 cm³/mol. The Hall–Kier alpha value is -0.320. The molecule has 0 aromatic carbocycles. The summed E-state index contributed by atoms with van der Waals surface area (Å²) in [6.07, 6.45) is 24.5. The fraction of sp³-hybridized carbons (Fsp3) is 0.833. The summed E-state index contributed by atoms with van der Waals surface area (Å²) < 4.78 is 0. The molecule has 5 heteroatoms. The minimum Gasteiger partial charge on any atom is -0.550 e. The van der Waals surface area contributed by atoms with Crippen molar-refractivity contribution in [2.45, 2.75) is 122 Å². The van der Waals surface area contributed by atoms with Crippen LogP contribution in [0.4, 0.5) is 0 Å². The molecule has 0 aromatic rings. The number of hydrogen-bond acceptors (Lipinski definition) is 3. The largest absolute Gasteiger partial charge is 1.00 e. The van der Waals surface area contributed by atoms with E-state index in [2.05, 4.69) is 19.1 Å². The number of aliphatic carboxylic acids is 2. The van der Waals surface area contributed by atoms with Gasteiger partial charge in [0.15, 0.2) is 0 Å². The van der Waals surface area contributed by atoms with Crippen LogP contribution in [0.3, 0.4) is 0 Å². The van der Waals surface area contributed by atoms with Crippen molar-refractivity contribution in [1.82, 2.24) is 0 Å². The smallest absolute Gasteiger partial charge is 0.550 e. The van der Waals surface area contributed by atoms with Crippen molar-refractivity contribution >= 4 is 11.9 Å². The van der Waals surface area contributed by atoms with E-state index in [0.29, 0.717) is 6.42 Å². The molecule has 0 rings (SSSR count). The van der Waals surface area contributed by atoms with Gasteiger partial charge in [0, 0.05) is 12.4 Å². The van der Waals surface area contributed by atoms with E-state index in [1.54, 1.807) is 0 Å². The third-order valence-electron chi connectivity index (χ3n) is 5.31. The van der Waals surface area contributed by atoms with E-state index in [4.69, 9.17) is 5.11 Å². The summed E-state index contributed by atoms with van der Waals surface area (Å²) in [4.78, 5) is 21.5. The molecule has 1 N–H and O–H groups in total. The fourth-order valence-electron chi connectivity index (χ4n) is 3.51. The zero-order valence-corrected chi connectivity index (χ0v) is 21.1. The minimum atomic E-state index is -1.27. The van der Waals surface area contributed by atoms with Gasteiger partial charge >= 0.3 is 35.5 Å². The third-order valence-corrected chi connectivity index (χ3v) is 5.31. The Morgan fingerprint density at radius 3 is 1.59 bits per heavy atom. The molecule has 0 aliphatic rings. The van der Waals surface area contributed by atoms with Gasteiger partial charge in [0.25, 0.3) is 0 Å². The molecule has 0 spiro atoms. The van der Waals surface area contributed by atoms with E-state index in [-0.39, 0.29) is 36.0 Å². The summed E-state index contributed by atoms with van der Waals surface area (Å²) in [6, 6.07) is 0. The van der Waals surface area contributed by atoms with Crippen LogP contribution in [0.5, 0.6) is 0 Å². The van der Waals surface area contributed by atoms with Gasteiger partial charge in [0.2, 0.25) is 0 Å². The quantitative estimate of drug-likeness (QED) is 0.177. The second kappa shape index (κ2) is 24.0. The van der Waals surface area contributed by atoms with Crippen molar-refractivity contribution < 1.29 is 49.4 Å². The number of carbonyl (C=O) groups is 2. The molecule has 0 saturated carbocycles. The van der Waals surface area contributed by atoms with E-state index in [1.807, 2.05) is 0 Å². The van der Waals surface area contributed by atoms with Crippen LogP contribution in [-0.2, 0) is 9.59 Å². The fourth-order valence-corrected chi connectivity index (χ4v) is 3.51. The van der Waals surface area contributed by atoms with Crippen LogP contribution < -0.4 is 34.7 Å². The SMILES string of the molecule is CCC/C=C/CCCCCCCCCCCCCCCC(CC(=O)[O-])C(=O)O.[Na+]. The Labute approximate surface area is 201 Å². The summed E-state index contributed by atoms with van der Waals surface area (Å²) in [6.45, 7) is 2.22. The number of carboxylic acid groups (broad SMARTS) is 2. The van der Waals surface area contributed by atoms with E-state index in [0.717, 1.165) is 19.3 Å². The van der Waals surface area contributed by atoms with Crippen molar-refractivity contribution in [2.75, 3.05) is 0 Å². The number of rotatable bonds is 21. The molecule has 0 bridgehead atoms. The predicted octanol–water partition coefficient (Wildman–Crippen LogP) is 3.04. The number of carboxylic acids is 2. The van der Waals surface area contributed by atoms with Crippen LogP contribution in [0, 0.1) is 5.92 Å². The Morgan fingerprint density at radius 1 is 0.759 bits per heavy atom. The van der Waals surface area contributed by atoms with Crippen molar-refractivity contribution in [3.63, 3.8) is 0 Å². The average Bonchev–Trinajstić information content (AvgIpc) is 2.65. The monoisotopic (exact) mass is 418 g/mol. The van der Waals surface area contributed by atoms with Gasteiger partial charge in [-0.2, -0.15) is 0 Å². The average molecular weight is 419 g/mol. The maximum Gasteiger partial charge on any atom is 1.00 e. The molecule has 0 aliphatic heterocycles. The number of hydrogen-bond donors (Lipinski definition) is 1. The molecule has 29 heavy (non-hydrogen) atoms. The van der Waals surface area contributed by atoms with Gasteiger partial charge in [0.1, 0.15) is 0 Å². The van der Waals surface area contributed by atoms with Crippen LogP contribution in [0.15, 0.2) is 12.2 Å². The summed E-state index contributed by atoms with van der Waals surface area (Å²) >= 11 is 0. The van der Waals surface area contributed by atoms with E-state index < -0.39 is 17.9 Å². The first-order valence-electron chi connectivity index (χ1n) is 11.7. The van der Waals surface area contributed by atoms with E-state index in [9.17, 15) is 14.7 Å². The molecule has 0 fully saturated rings. The van der Waals surface area contributed by atoms with Crippen molar-refractivity contribution in [2.24, 2.45) is 5.92 Å². The molecule has 4 nitrogen and oxygen atoms in total. The van der Waals surface area contributed by atoms with Gasteiger partial charge in [0.05, 0.1) is 5.92 Å². The number of unbranched alkanes of at least 4 members (excludes halogenated alkanes) is 14. The zero-order chi connectivity index (χ0) is 20.9. The van der Waals surface area contributed by atoms with Crippen LogP contribution in [-0.4, -0.2) is 17.0 Å².